The van der Waals surface area contributed by atoms with Gasteiger partial charge in [-0.1, -0.05) is 5.21 Å². The molecule has 0 radical (unpaired) electrons. The van der Waals surface area contributed by atoms with Crippen molar-refractivity contribution in [1.29, 1.82) is 0 Å². The highest BCUT2D eigenvalue weighted by Gasteiger charge is 2.15. The molecule has 1 fully saturated rings. The standard InChI is InChI=1S/C9H16N4/c1-8(2)13-7-9(10-11-13)6-12-4-3-5-12/h7-8H,3-6H2,1-2H3. The SMILES string of the molecule is CC(C)n1cc(CN2CCC2)nn1. The van der Waals surface area contributed by atoms with E-state index in [9.17, 15) is 0 Å². The Morgan fingerprint density at radius 1 is 1.46 bits per heavy atom. The quantitative estimate of drug-likeness (QED) is 0.697. The zero-order chi connectivity index (χ0) is 9.26. The number of aromatic nitrogens is 3. The predicted molar refractivity (Wildman–Crippen MR) is 50.3 cm³/mol. The van der Waals surface area contributed by atoms with E-state index in [4.69, 9.17) is 0 Å². The molecule has 13 heavy (non-hydrogen) atoms. The third-order valence-electron chi connectivity index (χ3n) is 2.42. The second-order valence-corrected chi connectivity index (χ2v) is 3.91. The second kappa shape index (κ2) is 3.46. The Morgan fingerprint density at radius 3 is 2.69 bits per heavy atom. The minimum absolute atomic E-state index is 0.414. The Morgan fingerprint density at radius 2 is 2.23 bits per heavy atom. The summed E-state index contributed by atoms with van der Waals surface area (Å²) in [4.78, 5) is 2.38. The Kier molecular flexibility index (Phi) is 2.31. The van der Waals surface area contributed by atoms with Crippen molar-refractivity contribution < 1.29 is 0 Å². The van der Waals surface area contributed by atoms with Crippen LogP contribution in [0.4, 0.5) is 0 Å². The molecule has 0 bridgehead atoms. The monoisotopic (exact) mass is 180 g/mol. The molecule has 4 heteroatoms. The number of likely N-dealkylation sites (tertiary alicyclic amines) is 1. The first-order valence-electron chi connectivity index (χ1n) is 4.89. The molecule has 0 saturated carbocycles. The maximum atomic E-state index is 4.13. The van der Waals surface area contributed by atoms with Gasteiger partial charge >= 0.3 is 0 Å². The summed E-state index contributed by atoms with van der Waals surface area (Å²) in [5.74, 6) is 0. The van der Waals surface area contributed by atoms with Gasteiger partial charge in [0.25, 0.3) is 0 Å². The van der Waals surface area contributed by atoms with Gasteiger partial charge < -0.3 is 0 Å². The third kappa shape index (κ3) is 1.88. The molecule has 0 aromatic carbocycles. The molecule has 1 aromatic heterocycles. The molecule has 72 valence electrons. The van der Waals surface area contributed by atoms with E-state index in [1.807, 2.05) is 10.9 Å². The summed E-state index contributed by atoms with van der Waals surface area (Å²) in [5.41, 5.74) is 1.09. The van der Waals surface area contributed by atoms with Crippen LogP contribution >= 0.6 is 0 Å². The van der Waals surface area contributed by atoms with Crippen LogP contribution in [0.3, 0.4) is 0 Å². The molecule has 1 aliphatic heterocycles. The van der Waals surface area contributed by atoms with E-state index in [1.165, 1.54) is 19.5 Å². The van der Waals surface area contributed by atoms with Gasteiger partial charge in [-0.05, 0) is 33.4 Å². The number of hydrogen-bond acceptors (Lipinski definition) is 3. The fourth-order valence-corrected chi connectivity index (χ4v) is 1.41. The van der Waals surface area contributed by atoms with Crippen molar-refractivity contribution in [2.75, 3.05) is 13.1 Å². The van der Waals surface area contributed by atoms with E-state index in [0.29, 0.717) is 6.04 Å². The first kappa shape index (κ1) is 8.69. The van der Waals surface area contributed by atoms with E-state index in [0.717, 1.165) is 12.2 Å². The maximum absolute atomic E-state index is 4.13. The Labute approximate surface area is 78.5 Å². The van der Waals surface area contributed by atoms with Gasteiger partial charge in [0.15, 0.2) is 0 Å². The zero-order valence-electron chi connectivity index (χ0n) is 8.27. The lowest BCUT2D eigenvalue weighted by molar-refractivity contribution is 0.170. The lowest BCUT2D eigenvalue weighted by Crippen LogP contribution is -2.36. The zero-order valence-corrected chi connectivity index (χ0v) is 8.27. The molecule has 0 atom stereocenters. The molecular weight excluding hydrogens is 164 g/mol. The van der Waals surface area contributed by atoms with Crippen LogP contribution < -0.4 is 0 Å². The van der Waals surface area contributed by atoms with Crippen LogP contribution in [-0.2, 0) is 6.54 Å². The smallest absolute Gasteiger partial charge is 0.0967 e. The Hall–Kier alpha value is -0.900. The van der Waals surface area contributed by atoms with E-state index in [-0.39, 0.29) is 0 Å². The molecule has 2 rings (SSSR count). The first-order valence-corrected chi connectivity index (χ1v) is 4.89. The number of rotatable bonds is 3. The fourth-order valence-electron chi connectivity index (χ4n) is 1.41. The van der Waals surface area contributed by atoms with Gasteiger partial charge in [-0.25, -0.2) is 4.68 Å². The van der Waals surface area contributed by atoms with Crippen molar-refractivity contribution in [3.05, 3.63) is 11.9 Å². The molecule has 1 aromatic rings. The normalized spacial score (nSPS) is 17.8. The highest BCUT2D eigenvalue weighted by atomic mass is 15.4. The lowest BCUT2D eigenvalue weighted by Gasteiger charge is -2.29. The van der Waals surface area contributed by atoms with E-state index < -0.39 is 0 Å². The molecule has 4 nitrogen and oxygen atoms in total. The van der Waals surface area contributed by atoms with Crippen LogP contribution in [0.1, 0.15) is 32.0 Å². The summed E-state index contributed by atoms with van der Waals surface area (Å²) in [6, 6.07) is 0.414. The highest BCUT2D eigenvalue weighted by Crippen LogP contribution is 2.11. The van der Waals surface area contributed by atoms with Gasteiger partial charge in [-0.3, -0.25) is 4.90 Å². The molecular formula is C9H16N4. The van der Waals surface area contributed by atoms with Crippen LogP contribution in [0.15, 0.2) is 6.20 Å². The van der Waals surface area contributed by atoms with Crippen molar-refractivity contribution in [3.63, 3.8) is 0 Å². The second-order valence-electron chi connectivity index (χ2n) is 3.91. The summed E-state index contributed by atoms with van der Waals surface area (Å²) in [6.07, 6.45) is 3.38. The maximum Gasteiger partial charge on any atom is 0.0967 e. The van der Waals surface area contributed by atoms with Crippen molar-refractivity contribution >= 4 is 0 Å². The van der Waals surface area contributed by atoms with Crippen LogP contribution in [0.5, 0.6) is 0 Å². The average Bonchev–Trinajstić information content (AvgIpc) is 2.44. The molecule has 0 N–H and O–H groups in total. The lowest BCUT2D eigenvalue weighted by atomic mass is 10.2. The van der Waals surface area contributed by atoms with Gasteiger partial charge in [-0.2, -0.15) is 0 Å². The van der Waals surface area contributed by atoms with Gasteiger partial charge in [0.05, 0.1) is 11.9 Å². The summed E-state index contributed by atoms with van der Waals surface area (Å²) in [7, 11) is 0. The first-order chi connectivity index (χ1) is 6.25. The molecule has 1 aliphatic rings. The third-order valence-corrected chi connectivity index (χ3v) is 2.42. The average molecular weight is 180 g/mol. The highest BCUT2D eigenvalue weighted by molar-refractivity contribution is 4.94. The van der Waals surface area contributed by atoms with Gasteiger partial charge in [0, 0.05) is 12.6 Å². The van der Waals surface area contributed by atoms with Gasteiger partial charge in [-0.15, -0.1) is 5.10 Å². The largest absolute Gasteiger partial charge is 0.297 e. The Bertz CT molecular complexity index is 275. The van der Waals surface area contributed by atoms with E-state index >= 15 is 0 Å². The van der Waals surface area contributed by atoms with Crippen molar-refractivity contribution in [2.24, 2.45) is 0 Å². The van der Waals surface area contributed by atoms with Crippen LogP contribution in [-0.4, -0.2) is 33.0 Å². The predicted octanol–water partition coefficient (Wildman–Crippen LogP) is 1.06. The summed E-state index contributed by atoms with van der Waals surface area (Å²) >= 11 is 0. The molecule has 2 heterocycles. The Balaban J connectivity index is 1.96. The van der Waals surface area contributed by atoms with Crippen molar-refractivity contribution in [2.45, 2.75) is 32.9 Å². The van der Waals surface area contributed by atoms with Crippen molar-refractivity contribution in [1.82, 2.24) is 19.9 Å². The van der Waals surface area contributed by atoms with E-state index in [2.05, 4.69) is 29.1 Å². The van der Waals surface area contributed by atoms with Gasteiger partial charge in [0.1, 0.15) is 0 Å². The van der Waals surface area contributed by atoms with Crippen LogP contribution in [0, 0.1) is 0 Å². The van der Waals surface area contributed by atoms with Crippen LogP contribution in [0.25, 0.3) is 0 Å². The topological polar surface area (TPSA) is 34.0 Å². The molecule has 1 saturated heterocycles. The van der Waals surface area contributed by atoms with Gasteiger partial charge in [0.2, 0.25) is 0 Å². The summed E-state index contributed by atoms with van der Waals surface area (Å²) in [5, 5.41) is 8.20. The minimum atomic E-state index is 0.414. The van der Waals surface area contributed by atoms with Crippen LogP contribution in [0.2, 0.25) is 0 Å². The molecule has 0 amide bonds. The van der Waals surface area contributed by atoms with Crippen molar-refractivity contribution in [3.8, 4) is 0 Å². The van der Waals surface area contributed by atoms with E-state index in [1.54, 1.807) is 0 Å². The summed E-state index contributed by atoms with van der Waals surface area (Å²) < 4.78 is 1.91. The number of nitrogens with zero attached hydrogens (tertiary/aromatic N) is 4. The fraction of sp³-hybridized carbons (Fsp3) is 0.778. The number of hydrogen-bond donors (Lipinski definition) is 0. The molecule has 0 spiro atoms. The molecule has 0 aliphatic carbocycles. The minimum Gasteiger partial charge on any atom is -0.297 e. The summed E-state index contributed by atoms with van der Waals surface area (Å²) in [6.45, 7) is 7.62. The molecule has 0 unspecified atom stereocenters.